The molecule has 0 aliphatic carbocycles. The average molecular weight is 241 g/mol. The summed E-state index contributed by atoms with van der Waals surface area (Å²) in [6, 6.07) is 1.87. The van der Waals surface area contributed by atoms with Crippen LogP contribution in [0.3, 0.4) is 0 Å². The number of hydrogen-bond donors (Lipinski definition) is 1. The lowest BCUT2D eigenvalue weighted by Gasteiger charge is -2.11. The van der Waals surface area contributed by atoms with Gasteiger partial charge in [0.15, 0.2) is 6.20 Å². The molecule has 4 heteroatoms. The Bertz CT molecular complexity index is 605. The molecule has 2 rings (SSSR count). The van der Waals surface area contributed by atoms with Gasteiger partial charge in [-0.25, -0.2) is 9.83 Å². The number of H-pyrrole nitrogens is 1. The lowest BCUT2D eigenvalue weighted by molar-refractivity contribution is 0.245. The highest BCUT2D eigenvalue weighted by Crippen LogP contribution is 2.28. The Morgan fingerprint density at radius 1 is 1.56 bits per heavy atom. The third-order valence-corrected chi connectivity index (χ3v) is 2.50. The zero-order chi connectivity index (χ0) is 13.0. The fraction of sp³-hybridized carbons (Fsp3) is 0.286. The van der Waals surface area contributed by atoms with Crippen LogP contribution in [-0.4, -0.2) is 16.1 Å². The highest BCUT2D eigenvalue weighted by atomic mass is 16.5. The monoisotopic (exact) mass is 241 g/mol. The average Bonchev–Trinajstić information content (AvgIpc) is 2.73. The zero-order valence-corrected chi connectivity index (χ0v) is 10.5. The molecule has 0 aliphatic rings. The van der Waals surface area contributed by atoms with E-state index >= 15 is 0 Å². The van der Waals surface area contributed by atoms with Gasteiger partial charge in [-0.3, -0.25) is 0 Å². The molecule has 0 atom stereocenters. The number of allylic oxidation sites excluding steroid dienone is 1. The van der Waals surface area contributed by atoms with Crippen molar-refractivity contribution in [2.45, 2.75) is 26.4 Å². The third kappa shape index (κ3) is 2.51. The van der Waals surface area contributed by atoms with Gasteiger partial charge in [0.05, 0.1) is 18.1 Å². The molecule has 0 fully saturated rings. The number of ether oxygens (including phenoxy) is 1. The standard InChI is InChI=1S/C14H15N3O/c1-10(2)18-12-6-8-16-14-13(12)11(9-17-14)5-4-7-15-3/h4,6-10H,5H2,1-2H3,(H,16,17)/b7-4-. The van der Waals surface area contributed by atoms with Crippen molar-refractivity contribution in [3.05, 3.63) is 47.7 Å². The van der Waals surface area contributed by atoms with Gasteiger partial charge in [-0.05, 0) is 31.9 Å². The summed E-state index contributed by atoms with van der Waals surface area (Å²) in [6.07, 6.45) is 7.77. The maximum Gasteiger partial charge on any atom is 0.150 e. The van der Waals surface area contributed by atoms with Gasteiger partial charge >= 0.3 is 0 Å². The highest BCUT2D eigenvalue weighted by Gasteiger charge is 2.10. The predicted molar refractivity (Wildman–Crippen MR) is 71.3 cm³/mol. The van der Waals surface area contributed by atoms with Crippen LogP contribution >= 0.6 is 0 Å². The molecule has 0 spiro atoms. The Labute approximate surface area is 106 Å². The van der Waals surface area contributed by atoms with Gasteiger partial charge in [0, 0.05) is 12.4 Å². The van der Waals surface area contributed by atoms with Crippen molar-refractivity contribution in [3.8, 4) is 5.75 Å². The van der Waals surface area contributed by atoms with Crippen molar-refractivity contribution < 1.29 is 4.74 Å². The van der Waals surface area contributed by atoms with Gasteiger partial charge in [0.25, 0.3) is 0 Å². The molecule has 4 nitrogen and oxygen atoms in total. The number of rotatable bonds is 4. The van der Waals surface area contributed by atoms with E-state index in [2.05, 4.69) is 14.8 Å². The summed E-state index contributed by atoms with van der Waals surface area (Å²) in [4.78, 5) is 10.6. The van der Waals surface area contributed by atoms with E-state index < -0.39 is 0 Å². The molecule has 0 bridgehead atoms. The zero-order valence-electron chi connectivity index (χ0n) is 10.5. The summed E-state index contributed by atoms with van der Waals surface area (Å²) >= 11 is 0. The molecule has 0 radical (unpaired) electrons. The number of aromatic nitrogens is 2. The smallest absolute Gasteiger partial charge is 0.150 e. The largest absolute Gasteiger partial charge is 0.490 e. The van der Waals surface area contributed by atoms with Crippen molar-refractivity contribution in [2.75, 3.05) is 0 Å². The predicted octanol–water partition coefficient (Wildman–Crippen LogP) is 3.33. The van der Waals surface area contributed by atoms with Crippen LogP contribution in [0.5, 0.6) is 5.75 Å². The molecule has 0 amide bonds. The molecular weight excluding hydrogens is 226 g/mol. The first-order chi connectivity index (χ1) is 8.72. The summed E-state index contributed by atoms with van der Waals surface area (Å²) in [5.74, 6) is 0.836. The second-order valence-electron chi connectivity index (χ2n) is 4.23. The lowest BCUT2D eigenvalue weighted by Crippen LogP contribution is -2.06. The molecule has 0 unspecified atom stereocenters. The Balaban J connectivity index is 2.42. The van der Waals surface area contributed by atoms with E-state index in [0.717, 1.165) is 22.3 Å². The third-order valence-electron chi connectivity index (χ3n) is 2.50. The number of nitrogens with one attached hydrogen (secondary N) is 1. The Kier molecular flexibility index (Phi) is 3.63. The van der Waals surface area contributed by atoms with E-state index in [1.54, 1.807) is 6.20 Å². The van der Waals surface area contributed by atoms with E-state index in [9.17, 15) is 0 Å². The van der Waals surface area contributed by atoms with Crippen molar-refractivity contribution >= 4 is 11.0 Å². The SMILES string of the molecule is [C-]#[N+]/C=C\Cc1c[nH]c2nccc(OC(C)C)c12. The fourth-order valence-corrected chi connectivity index (χ4v) is 1.84. The van der Waals surface area contributed by atoms with Crippen LogP contribution in [0.1, 0.15) is 19.4 Å². The van der Waals surface area contributed by atoms with Gasteiger partial charge in [-0.1, -0.05) is 6.08 Å². The van der Waals surface area contributed by atoms with Crippen LogP contribution < -0.4 is 4.74 Å². The quantitative estimate of drug-likeness (QED) is 0.834. The normalized spacial score (nSPS) is 11.2. The summed E-state index contributed by atoms with van der Waals surface area (Å²) < 4.78 is 5.79. The molecule has 2 aromatic rings. The molecule has 1 N–H and O–H groups in total. The number of aromatic amines is 1. The fourth-order valence-electron chi connectivity index (χ4n) is 1.84. The van der Waals surface area contributed by atoms with Gasteiger partial charge in [-0.15, -0.1) is 0 Å². The molecule has 18 heavy (non-hydrogen) atoms. The van der Waals surface area contributed by atoms with Crippen LogP contribution in [0.4, 0.5) is 0 Å². The van der Waals surface area contributed by atoms with E-state index in [0.29, 0.717) is 6.42 Å². The molecule has 0 aliphatic heterocycles. The molecule has 0 saturated carbocycles. The minimum Gasteiger partial charge on any atom is -0.490 e. The first-order valence-electron chi connectivity index (χ1n) is 5.85. The topological polar surface area (TPSA) is 42.3 Å². The molecule has 0 aromatic carbocycles. The second kappa shape index (κ2) is 5.37. The second-order valence-corrected chi connectivity index (χ2v) is 4.23. The maximum atomic E-state index is 6.72. The molecule has 0 saturated heterocycles. The van der Waals surface area contributed by atoms with Gasteiger partial charge < -0.3 is 9.72 Å². The van der Waals surface area contributed by atoms with Gasteiger partial charge in [-0.2, -0.15) is 0 Å². The lowest BCUT2D eigenvalue weighted by atomic mass is 10.1. The van der Waals surface area contributed by atoms with Crippen LogP contribution in [0, 0.1) is 6.57 Å². The van der Waals surface area contributed by atoms with Crippen molar-refractivity contribution in [2.24, 2.45) is 0 Å². The van der Waals surface area contributed by atoms with Crippen LogP contribution in [0.2, 0.25) is 0 Å². The number of pyridine rings is 1. The van der Waals surface area contributed by atoms with Crippen molar-refractivity contribution in [1.29, 1.82) is 0 Å². The Hall–Kier alpha value is -2.28. The maximum absolute atomic E-state index is 6.72. The summed E-state index contributed by atoms with van der Waals surface area (Å²) in [7, 11) is 0. The van der Waals surface area contributed by atoms with E-state index in [4.69, 9.17) is 11.3 Å². The van der Waals surface area contributed by atoms with Crippen molar-refractivity contribution in [3.63, 3.8) is 0 Å². The van der Waals surface area contributed by atoms with Crippen LogP contribution in [-0.2, 0) is 6.42 Å². The number of hydrogen-bond acceptors (Lipinski definition) is 2. The van der Waals surface area contributed by atoms with Crippen LogP contribution in [0.25, 0.3) is 15.9 Å². The Morgan fingerprint density at radius 2 is 2.39 bits per heavy atom. The molecule has 2 heterocycles. The van der Waals surface area contributed by atoms with E-state index in [1.807, 2.05) is 32.2 Å². The first-order valence-corrected chi connectivity index (χ1v) is 5.85. The summed E-state index contributed by atoms with van der Waals surface area (Å²) in [6.45, 7) is 10.7. The molecule has 2 aromatic heterocycles. The van der Waals surface area contributed by atoms with Gasteiger partial charge in [0.2, 0.25) is 0 Å². The van der Waals surface area contributed by atoms with Gasteiger partial charge in [0.1, 0.15) is 11.4 Å². The van der Waals surface area contributed by atoms with E-state index in [-0.39, 0.29) is 6.10 Å². The van der Waals surface area contributed by atoms with Crippen molar-refractivity contribution in [1.82, 2.24) is 9.97 Å². The number of nitrogens with zero attached hydrogens (tertiary/aromatic N) is 2. The minimum absolute atomic E-state index is 0.122. The molecule has 92 valence electrons. The summed E-state index contributed by atoms with van der Waals surface area (Å²) in [5.41, 5.74) is 1.91. The first kappa shape index (κ1) is 12.2. The van der Waals surface area contributed by atoms with Crippen LogP contribution in [0.15, 0.2) is 30.7 Å². The number of fused-ring (bicyclic) bond motifs is 1. The summed E-state index contributed by atoms with van der Waals surface area (Å²) in [5, 5.41) is 1.00. The van der Waals surface area contributed by atoms with E-state index in [1.165, 1.54) is 6.20 Å². The molecular formula is C14H15N3O. The highest BCUT2D eigenvalue weighted by molar-refractivity contribution is 5.86. The Morgan fingerprint density at radius 3 is 3.11 bits per heavy atom. The minimum atomic E-state index is 0.122.